The molecule has 2 amide bonds. The number of hydrogen-bond acceptors (Lipinski definition) is 4. The van der Waals surface area contributed by atoms with E-state index in [4.69, 9.17) is 0 Å². The summed E-state index contributed by atoms with van der Waals surface area (Å²) in [6, 6.07) is 15.5. The van der Waals surface area contributed by atoms with Gasteiger partial charge in [0.2, 0.25) is 21.8 Å². The van der Waals surface area contributed by atoms with Gasteiger partial charge in [-0.2, -0.15) is 0 Å². The maximum atomic E-state index is 13.3. The highest BCUT2D eigenvalue weighted by atomic mass is 32.2. The topological polar surface area (TPSA) is 86.8 Å². The first-order valence-corrected chi connectivity index (χ1v) is 12.0. The van der Waals surface area contributed by atoms with Crippen LogP contribution in [0.3, 0.4) is 0 Å². The Bertz CT molecular complexity index is 1060. The molecule has 0 bridgehead atoms. The molecular formula is C23H27N3O4S. The van der Waals surface area contributed by atoms with Crippen molar-refractivity contribution in [3.05, 3.63) is 65.7 Å². The maximum Gasteiger partial charge on any atom is 0.245 e. The zero-order valence-corrected chi connectivity index (χ0v) is 18.3. The number of benzene rings is 2. The van der Waals surface area contributed by atoms with Crippen molar-refractivity contribution in [1.29, 1.82) is 0 Å². The number of likely N-dealkylation sites (tertiary alicyclic amines) is 1. The Labute approximate surface area is 183 Å². The van der Waals surface area contributed by atoms with E-state index in [1.807, 2.05) is 24.3 Å². The number of hydrogen-bond donors (Lipinski definition) is 1. The number of sulfonamides is 1. The van der Waals surface area contributed by atoms with Crippen LogP contribution in [-0.2, 0) is 32.6 Å². The van der Waals surface area contributed by atoms with Crippen molar-refractivity contribution in [2.24, 2.45) is 0 Å². The van der Waals surface area contributed by atoms with Crippen LogP contribution in [0.5, 0.6) is 0 Å². The van der Waals surface area contributed by atoms with E-state index in [0.717, 1.165) is 11.1 Å². The van der Waals surface area contributed by atoms with E-state index in [1.165, 1.54) is 6.92 Å². The molecule has 2 aliphatic rings. The summed E-state index contributed by atoms with van der Waals surface area (Å²) in [6.45, 7) is 2.86. The van der Waals surface area contributed by atoms with E-state index in [2.05, 4.69) is 4.72 Å². The third kappa shape index (κ3) is 4.65. The Morgan fingerprint density at radius 3 is 2.19 bits per heavy atom. The largest absolute Gasteiger partial charge is 0.341 e. The third-order valence-electron chi connectivity index (χ3n) is 6.12. The number of carbonyl (C=O) groups excluding carboxylic acids is 2. The van der Waals surface area contributed by atoms with Crippen molar-refractivity contribution in [3.63, 3.8) is 0 Å². The van der Waals surface area contributed by atoms with Crippen molar-refractivity contribution < 1.29 is 18.0 Å². The Hall–Kier alpha value is -2.71. The first-order chi connectivity index (χ1) is 14.8. The van der Waals surface area contributed by atoms with Gasteiger partial charge in [0.15, 0.2) is 0 Å². The summed E-state index contributed by atoms with van der Waals surface area (Å²) in [5.41, 5.74) is 2.18. The molecule has 1 saturated heterocycles. The quantitative estimate of drug-likeness (QED) is 0.786. The van der Waals surface area contributed by atoms with Crippen LogP contribution in [0.15, 0.2) is 59.5 Å². The van der Waals surface area contributed by atoms with Crippen LogP contribution in [0.2, 0.25) is 0 Å². The second-order valence-corrected chi connectivity index (χ2v) is 9.88. The normalized spacial score (nSPS) is 19.7. The Balaban J connectivity index is 1.40. The molecule has 1 unspecified atom stereocenters. The van der Waals surface area contributed by atoms with Gasteiger partial charge in [-0.25, -0.2) is 13.1 Å². The van der Waals surface area contributed by atoms with E-state index >= 15 is 0 Å². The number of carbonyl (C=O) groups is 2. The molecule has 0 aromatic heterocycles. The molecule has 2 heterocycles. The van der Waals surface area contributed by atoms with Gasteiger partial charge < -0.3 is 9.80 Å². The van der Waals surface area contributed by atoms with Gasteiger partial charge in [-0.1, -0.05) is 42.5 Å². The fraction of sp³-hybridized carbons (Fsp3) is 0.391. The minimum Gasteiger partial charge on any atom is -0.341 e. The fourth-order valence-corrected chi connectivity index (χ4v) is 5.72. The Kier molecular flexibility index (Phi) is 6.11. The minimum absolute atomic E-state index is 0.0610. The van der Waals surface area contributed by atoms with Crippen molar-refractivity contribution in [2.45, 2.75) is 49.7 Å². The van der Waals surface area contributed by atoms with Gasteiger partial charge in [0.25, 0.3) is 0 Å². The van der Waals surface area contributed by atoms with Gasteiger partial charge in [-0.05, 0) is 36.1 Å². The van der Waals surface area contributed by atoms with E-state index in [1.54, 1.807) is 40.1 Å². The predicted octanol–water partition coefficient (Wildman–Crippen LogP) is 1.93. The van der Waals surface area contributed by atoms with E-state index < -0.39 is 16.1 Å². The first kappa shape index (κ1) is 21.5. The molecule has 0 aliphatic carbocycles. The SMILES string of the molecule is CC(=O)N1Cc2ccccc2CC1C(=O)N1CCC(NS(=O)(=O)c2ccccc2)CC1. The lowest BCUT2D eigenvalue weighted by molar-refractivity contribution is -0.146. The predicted molar refractivity (Wildman–Crippen MR) is 117 cm³/mol. The summed E-state index contributed by atoms with van der Waals surface area (Å²) in [7, 11) is -3.58. The zero-order valence-electron chi connectivity index (χ0n) is 17.5. The molecule has 0 saturated carbocycles. The lowest BCUT2D eigenvalue weighted by Crippen LogP contribution is -2.55. The van der Waals surface area contributed by atoms with Crippen LogP contribution in [-0.4, -0.2) is 55.2 Å². The average Bonchev–Trinajstić information content (AvgIpc) is 2.78. The van der Waals surface area contributed by atoms with Crippen LogP contribution in [0, 0.1) is 0 Å². The van der Waals surface area contributed by atoms with E-state index in [-0.39, 0.29) is 22.8 Å². The first-order valence-electron chi connectivity index (χ1n) is 10.6. The summed E-state index contributed by atoms with van der Waals surface area (Å²) in [5, 5.41) is 0. The molecule has 0 radical (unpaired) electrons. The monoisotopic (exact) mass is 441 g/mol. The molecular weight excluding hydrogens is 414 g/mol. The lowest BCUT2D eigenvalue weighted by Gasteiger charge is -2.40. The summed E-state index contributed by atoms with van der Waals surface area (Å²) in [6.07, 6.45) is 1.59. The standard InChI is InChI=1S/C23H27N3O4S/c1-17(27)26-16-19-8-6-5-7-18(19)15-22(26)23(28)25-13-11-20(12-14-25)24-31(29,30)21-9-3-2-4-10-21/h2-10,20,22,24H,11-16H2,1H3. The molecule has 0 spiro atoms. The van der Waals surface area contributed by atoms with Crippen LogP contribution >= 0.6 is 0 Å². The van der Waals surface area contributed by atoms with Crippen LogP contribution in [0.25, 0.3) is 0 Å². The van der Waals surface area contributed by atoms with Gasteiger partial charge >= 0.3 is 0 Å². The summed E-state index contributed by atoms with van der Waals surface area (Å²) < 4.78 is 27.9. The van der Waals surface area contributed by atoms with Crippen molar-refractivity contribution >= 4 is 21.8 Å². The molecule has 1 N–H and O–H groups in total. The van der Waals surface area contributed by atoms with Crippen LogP contribution < -0.4 is 4.72 Å². The summed E-state index contributed by atoms with van der Waals surface area (Å²) >= 11 is 0. The number of amides is 2. The second-order valence-electron chi connectivity index (χ2n) is 8.17. The van der Waals surface area contributed by atoms with Crippen LogP contribution in [0.4, 0.5) is 0 Å². The molecule has 2 aromatic carbocycles. The fourth-order valence-electron chi connectivity index (χ4n) is 4.39. The van der Waals surface area contributed by atoms with Crippen molar-refractivity contribution in [3.8, 4) is 0 Å². The second kappa shape index (κ2) is 8.80. The molecule has 8 heteroatoms. The Morgan fingerprint density at radius 1 is 0.935 bits per heavy atom. The number of nitrogens with one attached hydrogen (secondary N) is 1. The Morgan fingerprint density at radius 2 is 1.55 bits per heavy atom. The molecule has 4 rings (SSSR count). The maximum absolute atomic E-state index is 13.3. The number of rotatable bonds is 4. The molecule has 1 fully saturated rings. The average molecular weight is 442 g/mol. The smallest absolute Gasteiger partial charge is 0.245 e. The van der Waals surface area contributed by atoms with Gasteiger partial charge in [0.05, 0.1) is 4.90 Å². The molecule has 2 aromatic rings. The van der Waals surface area contributed by atoms with Gasteiger partial charge in [0, 0.05) is 39.0 Å². The summed E-state index contributed by atoms with van der Waals surface area (Å²) in [4.78, 5) is 29.2. The summed E-state index contributed by atoms with van der Waals surface area (Å²) in [5.74, 6) is -0.174. The van der Waals surface area contributed by atoms with E-state index in [9.17, 15) is 18.0 Å². The van der Waals surface area contributed by atoms with Crippen molar-refractivity contribution in [1.82, 2.24) is 14.5 Å². The van der Waals surface area contributed by atoms with Gasteiger partial charge in [0.1, 0.15) is 6.04 Å². The third-order valence-corrected chi connectivity index (χ3v) is 7.66. The van der Waals surface area contributed by atoms with Gasteiger partial charge in [-0.3, -0.25) is 9.59 Å². The van der Waals surface area contributed by atoms with E-state index in [0.29, 0.717) is 38.9 Å². The highest BCUT2D eigenvalue weighted by Crippen LogP contribution is 2.26. The number of fused-ring (bicyclic) bond motifs is 1. The molecule has 164 valence electrons. The molecule has 1 atom stereocenters. The lowest BCUT2D eigenvalue weighted by atomic mass is 9.92. The highest BCUT2D eigenvalue weighted by molar-refractivity contribution is 7.89. The minimum atomic E-state index is -3.58. The zero-order chi connectivity index (χ0) is 22.0. The molecule has 31 heavy (non-hydrogen) atoms. The van der Waals surface area contributed by atoms with Gasteiger partial charge in [-0.15, -0.1) is 0 Å². The highest BCUT2D eigenvalue weighted by Gasteiger charge is 2.37. The molecule has 7 nitrogen and oxygen atoms in total. The molecule has 2 aliphatic heterocycles. The van der Waals surface area contributed by atoms with Crippen molar-refractivity contribution in [2.75, 3.05) is 13.1 Å². The number of nitrogens with zero attached hydrogens (tertiary/aromatic N) is 2. The van der Waals surface area contributed by atoms with Crippen LogP contribution in [0.1, 0.15) is 30.9 Å². The number of piperidine rings is 1.